The number of fused-ring (bicyclic) bond motifs is 1. The van der Waals surface area contributed by atoms with E-state index in [0.717, 1.165) is 24.3 Å². The molecule has 2 aliphatic heterocycles. The third kappa shape index (κ3) is 3.26. The van der Waals surface area contributed by atoms with Gasteiger partial charge < -0.3 is 15.5 Å². The Hall–Kier alpha value is -1.85. The van der Waals surface area contributed by atoms with Gasteiger partial charge >= 0.3 is 6.03 Å². The smallest absolute Gasteiger partial charge is 0.317 e. The van der Waals surface area contributed by atoms with Crippen LogP contribution in [0.5, 0.6) is 0 Å². The molecule has 0 radical (unpaired) electrons. The Bertz CT molecular complexity index is 537. The monoisotopic (exact) mass is 315 g/mol. The molecule has 6 nitrogen and oxygen atoms in total. The highest BCUT2D eigenvalue weighted by Crippen LogP contribution is 2.47. The molecule has 3 heterocycles. The molecule has 2 saturated heterocycles. The SMILES string of the molecule is O=C(NCCNc1ncccn1)N1CC2C[C@@H]3CC1C[C@H](C2)C3. The first-order chi connectivity index (χ1) is 11.3. The molecule has 23 heavy (non-hydrogen) atoms. The summed E-state index contributed by atoms with van der Waals surface area (Å²) in [6, 6.07) is 2.37. The molecule has 0 aromatic carbocycles. The summed E-state index contributed by atoms with van der Waals surface area (Å²) in [5.74, 6) is 3.07. The van der Waals surface area contributed by atoms with Gasteiger partial charge in [-0.1, -0.05) is 0 Å². The van der Waals surface area contributed by atoms with E-state index in [-0.39, 0.29) is 6.03 Å². The average Bonchev–Trinajstić information content (AvgIpc) is 2.76. The summed E-state index contributed by atoms with van der Waals surface area (Å²) in [6.07, 6.45) is 9.93. The van der Waals surface area contributed by atoms with Crippen molar-refractivity contribution in [1.29, 1.82) is 0 Å². The third-order valence-corrected chi connectivity index (χ3v) is 5.62. The van der Waals surface area contributed by atoms with E-state index in [1.165, 1.54) is 32.1 Å². The van der Waals surface area contributed by atoms with E-state index in [1.807, 2.05) is 0 Å². The molecule has 124 valence electrons. The molecule has 4 atom stereocenters. The number of urea groups is 1. The predicted molar refractivity (Wildman–Crippen MR) is 88.0 cm³/mol. The maximum absolute atomic E-state index is 12.6. The van der Waals surface area contributed by atoms with Gasteiger partial charge in [0.2, 0.25) is 5.95 Å². The molecule has 6 heteroatoms. The molecule has 4 fully saturated rings. The quantitative estimate of drug-likeness (QED) is 0.835. The third-order valence-electron chi connectivity index (χ3n) is 5.62. The number of carbonyl (C=O) groups excluding carboxylic acids is 1. The summed E-state index contributed by atoms with van der Waals surface area (Å²) in [4.78, 5) is 22.9. The van der Waals surface area contributed by atoms with E-state index in [2.05, 4.69) is 25.5 Å². The largest absolute Gasteiger partial charge is 0.352 e. The fourth-order valence-electron chi connectivity index (χ4n) is 4.87. The van der Waals surface area contributed by atoms with E-state index >= 15 is 0 Å². The Morgan fingerprint density at radius 1 is 1.04 bits per heavy atom. The van der Waals surface area contributed by atoms with Crippen molar-refractivity contribution in [2.45, 2.75) is 38.1 Å². The number of hydrogen-bond donors (Lipinski definition) is 2. The van der Waals surface area contributed by atoms with Crippen LogP contribution in [0.2, 0.25) is 0 Å². The van der Waals surface area contributed by atoms with Crippen LogP contribution in [0, 0.1) is 17.8 Å². The van der Waals surface area contributed by atoms with Crippen LogP contribution in [0.25, 0.3) is 0 Å². The van der Waals surface area contributed by atoms with Gasteiger partial charge in [-0.05, 0) is 55.9 Å². The first-order valence-electron chi connectivity index (χ1n) is 8.83. The predicted octanol–water partition coefficient (Wildman–Crippen LogP) is 2.11. The Balaban J connectivity index is 1.28. The molecule has 0 spiro atoms. The molecule has 1 aromatic heterocycles. The van der Waals surface area contributed by atoms with E-state index in [0.29, 0.717) is 25.1 Å². The van der Waals surface area contributed by atoms with Crippen molar-refractivity contribution in [3.05, 3.63) is 18.5 Å². The fraction of sp³-hybridized carbons (Fsp3) is 0.706. The maximum atomic E-state index is 12.6. The van der Waals surface area contributed by atoms with Crippen LogP contribution in [-0.2, 0) is 0 Å². The number of nitrogens with zero attached hydrogens (tertiary/aromatic N) is 3. The van der Waals surface area contributed by atoms with Gasteiger partial charge in [0, 0.05) is 38.1 Å². The number of aromatic nitrogens is 2. The van der Waals surface area contributed by atoms with Crippen LogP contribution in [0.15, 0.2) is 18.5 Å². The standard InChI is InChI=1S/C17H25N5O/c23-17(21-5-4-20-16-18-2-1-3-19-16)22-11-14-7-12-6-13(8-14)10-15(22)9-12/h1-3,12-15H,4-11H2,(H,21,23)(H,18,19,20)/t12-,13+,14?,15?. The minimum Gasteiger partial charge on any atom is -0.352 e. The van der Waals surface area contributed by atoms with Gasteiger partial charge in [0.05, 0.1) is 0 Å². The van der Waals surface area contributed by atoms with Crippen molar-refractivity contribution in [3.63, 3.8) is 0 Å². The zero-order valence-electron chi connectivity index (χ0n) is 13.4. The van der Waals surface area contributed by atoms with Crippen molar-refractivity contribution >= 4 is 12.0 Å². The number of amides is 2. The van der Waals surface area contributed by atoms with E-state index in [9.17, 15) is 4.79 Å². The molecule has 2 saturated carbocycles. The highest BCUT2D eigenvalue weighted by atomic mass is 16.2. The molecular formula is C17H25N5O. The Morgan fingerprint density at radius 2 is 1.74 bits per heavy atom. The lowest BCUT2D eigenvalue weighted by atomic mass is 9.68. The Labute approximate surface area is 137 Å². The summed E-state index contributed by atoms with van der Waals surface area (Å²) < 4.78 is 0. The van der Waals surface area contributed by atoms with Crippen LogP contribution in [0.1, 0.15) is 32.1 Å². The number of carbonyl (C=O) groups is 1. The Kier molecular flexibility index (Phi) is 4.06. The molecule has 4 bridgehead atoms. The lowest BCUT2D eigenvalue weighted by Gasteiger charge is -2.38. The van der Waals surface area contributed by atoms with Crippen molar-refractivity contribution in [2.75, 3.05) is 25.0 Å². The zero-order chi connectivity index (χ0) is 15.6. The molecule has 2 N–H and O–H groups in total. The van der Waals surface area contributed by atoms with Gasteiger partial charge in [0.1, 0.15) is 0 Å². The molecular weight excluding hydrogens is 290 g/mol. The van der Waals surface area contributed by atoms with Gasteiger partial charge in [-0.15, -0.1) is 0 Å². The summed E-state index contributed by atoms with van der Waals surface area (Å²) in [6.45, 7) is 2.19. The first-order valence-corrected chi connectivity index (χ1v) is 8.83. The minimum absolute atomic E-state index is 0.110. The fourth-order valence-corrected chi connectivity index (χ4v) is 4.87. The average molecular weight is 315 g/mol. The van der Waals surface area contributed by atoms with E-state index in [1.54, 1.807) is 18.5 Å². The molecule has 4 aliphatic rings. The topological polar surface area (TPSA) is 70.1 Å². The van der Waals surface area contributed by atoms with Crippen molar-refractivity contribution < 1.29 is 4.79 Å². The van der Waals surface area contributed by atoms with Gasteiger partial charge in [0.25, 0.3) is 0 Å². The molecule has 2 amide bonds. The van der Waals surface area contributed by atoms with E-state index in [4.69, 9.17) is 0 Å². The number of rotatable bonds is 4. The summed E-state index contributed by atoms with van der Waals surface area (Å²) in [7, 11) is 0. The second-order valence-corrected chi connectivity index (χ2v) is 7.31. The van der Waals surface area contributed by atoms with Crippen molar-refractivity contribution in [1.82, 2.24) is 20.2 Å². The van der Waals surface area contributed by atoms with Gasteiger partial charge in [-0.25, -0.2) is 14.8 Å². The maximum Gasteiger partial charge on any atom is 0.317 e. The summed E-state index contributed by atoms with van der Waals surface area (Å²) in [5, 5.41) is 6.18. The number of hydrogen-bond acceptors (Lipinski definition) is 4. The Morgan fingerprint density at radius 3 is 2.48 bits per heavy atom. The van der Waals surface area contributed by atoms with Gasteiger partial charge in [-0.3, -0.25) is 0 Å². The second-order valence-electron chi connectivity index (χ2n) is 7.31. The van der Waals surface area contributed by atoms with Gasteiger partial charge in [0.15, 0.2) is 0 Å². The van der Waals surface area contributed by atoms with Crippen LogP contribution in [-0.4, -0.2) is 46.6 Å². The summed E-state index contributed by atoms with van der Waals surface area (Å²) in [5.41, 5.74) is 0. The van der Waals surface area contributed by atoms with Crippen LogP contribution in [0.3, 0.4) is 0 Å². The van der Waals surface area contributed by atoms with Crippen LogP contribution < -0.4 is 10.6 Å². The number of nitrogens with one attached hydrogen (secondary N) is 2. The van der Waals surface area contributed by atoms with Crippen molar-refractivity contribution in [2.24, 2.45) is 17.8 Å². The molecule has 2 aliphatic carbocycles. The minimum atomic E-state index is 0.110. The normalized spacial score (nSPS) is 31.7. The molecule has 5 rings (SSSR count). The number of anilines is 1. The molecule has 2 unspecified atom stereocenters. The van der Waals surface area contributed by atoms with Crippen molar-refractivity contribution in [3.8, 4) is 0 Å². The highest BCUT2D eigenvalue weighted by Gasteiger charge is 2.43. The lowest BCUT2D eigenvalue weighted by molar-refractivity contribution is 0.132. The highest BCUT2D eigenvalue weighted by molar-refractivity contribution is 5.74. The zero-order valence-corrected chi connectivity index (χ0v) is 13.4. The first kappa shape index (κ1) is 14.7. The van der Waals surface area contributed by atoms with Crippen LogP contribution in [0.4, 0.5) is 10.7 Å². The van der Waals surface area contributed by atoms with Gasteiger partial charge in [-0.2, -0.15) is 0 Å². The van der Waals surface area contributed by atoms with E-state index < -0.39 is 0 Å². The lowest BCUT2D eigenvalue weighted by Crippen LogP contribution is -2.48. The van der Waals surface area contributed by atoms with Crippen LogP contribution >= 0.6 is 0 Å². The summed E-state index contributed by atoms with van der Waals surface area (Å²) >= 11 is 0. The molecule has 1 aromatic rings. The second kappa shape index (κ2) is 6.34.